The number of ether oxygens (including phenoxy) is 1. The van der Waals surface area contributed by atoms with Crippen LogP contribution in [0.3, 0.4) is 0 Å². The van der Waals surface area contributed by atoms with E-state index in [4.69, 9.17) is 9.84 Å². The SMILES string of the molecule is CC(C)(C)OC(=O)NCC1CCN(C(=O)c2cc(C3CC3)nn2C(C)(C)C)CC1. The number of alkyl carbamates (subject to hydrolysis) is 1. The van der Waals surface area contributed by atoms with E-state index < -0.39 is 5.60 Å². The quantitative estimate of drug-likeness (QED) is 0.826. The average molecular weight is 405 g/mol. The Morgan fingerprint density at radius 1 is 1.10 bits per heavy atom. The number of rotatable bonds is 4. The van der Waals surface area contributed by atoms with Gasteiger partial charge in [0.25, 0.3) is 5.91 Å². The molecule has 2 fully saturated rings. The number of carbonyl (C=O) groups is 2. The molecule has 1 saturated carbocycles. The molecule has 0 atom stereocenters. The summed E-state index contributed by atoms with van der Waals surface area (Å²) in [5, 5.41) is 7.62. The minimum Gasteiger partial charge on any atom is -0.444 e. The molecule has 2 heterocycles. The van der Waals surface area contributed by atoms with Crippen LogP contribution in [0.15, 0.2) is 6.07 Å². The molecule has 3 rings (SSSR count). The van der Waals surface area contributed by atoms with Crippen LogP contribution in [0.25, 0.3) is 0 Å². The zero-order valence-electron chi connectivity index (χ0n) is 18.7. The predicted octanol–water partition coefficient (Wildman–Crippen LogP) is 3.89. The third-order valence-corrected chi connectivity index (χ3v) is 5.41. The molecule has 7 heteroatoms. The van der Waals surface area contributed by atoms with Crippen LogP contribution in [0.5, 0.6) is 0 Å². The molecule has 0 bridgehead atoms. The molecule has 7 nitrogen and oxygen atoms in total. The summed E-state index contributed by atoms with van der Waals surface area (Å²) < 4.78 is 7.20. The molecule has 2 amide bonds. The highest BCUT2D eigenvalue weighted by molar-refractivity contribution is 5.93. The lowest BCUT2D eigenvalue weighted by Gasteiger charge is -2.33. The third-order valence-electron chi connectivity index (χ3n) is 5.41. The monoisotopic (exact) mass is 404 g/mol. The van der Waals surface area contributed by atoms with E-state index in [-0.39, 0.29) is 17.5 Å². The molecule has 1 saturated heterocycles. The molecule has 29 heavy (non-hydrogen) atoms. The minimum absolute atomic E-state index is 0.0675. The molecule has 0 aromatic carbocycles. The summed E-state index contributed by atoms with van der Waals surface area (Å²) >= 11 is 0. The number of hydrogen-bond acceptors (Lipinski definition) is 4. The van der Waals surface area contributed by atoms with Gasteiger partial charge < -0.3 is 15.0 Å². The Balaban J connectivity index is 1.56. The lowest BCUT2D eigenvalue weighted by atomic mass is 9.96. The third kappa shape index (κ3) is 5.73. The van der Waals surface area contributed by atoms with Crippen LogP contribution in [0.4, 0.5) is 4.79 Å². The Hall–Kier alpha value is -2.05. The number of hydrogen-bond donors (Lipinski definition) is 1. The van der Waals surface area contributed by atoms with Gasteiger partial charge in [-0.1, -0.05) is 0 Å². The van der Waals surface area contributed by atoms with Crippen LogP contribution < -0.4 is 5.32 Å². The highest BCUT2D eigenvalue weighted by atomic mass is 16.6. The first-order chi connectivity index (χ1) is 13.4. The lowest BCUT2D eigenvalue weighted by Crippen LogP contribution is -2.43. The number of piperidine rings is 1. The van der Waals surface area contributed by atoms with Gasteiger partial charge in [0.15, 0.2) is 0 Å². The van der Waals surface area contributed by atoms with Crippen molar-refractivity contribution >= 4 is 12.0 Å². The summed E-state index contributed by atoms with van der Waals surface area (Å²) in [7, 11) is 0. The van der Waals surface area contributed by atoms with E-state index in [0.717, 1.165) is 18.5 Å². The van der Waals surface area contributed by atoms with Gasteiger partial charge in [0.05, 0.1) is 11.2 Å². The lowest BCUT2D eigenvalue weighted by molar-refractivity contribution is 0.0498. The fourth-order valence-electron chi connectivity index (χ4n) is 3.69. The first-order valence-corrected chi connectivity index (χ1v) is 10.8. The van der Waals surface area contributed by atoms with Gasteiger partial charge in [-0.2, -0.15) is 5.10 Å². The Morgan fingerprint density at radius 3 is 2.24 bits per heavy atom. The maximum absolute atomic E-state index is 13.2. The van der Waals surface area contributed by atoms with Crippen LogP contribution >= 0.6 is 0 Å². The summed E-state index contributed by atoms with van der Waals surface area (Å²) in [4.78, 5) is 27.0. The zero-order valence-corrected chi connectivity index (χ0v) is 18.7. The van der Waals surface area contributed by atoms with Crippen molar-refractivity contribution in [3.63, 3.8) is 0 Å². The average Bonchev–Trinajstić information content (AvgIpc) is 3.35. The summed E-state index contributed by atoms with van der Waals surface area (Å²) in [6.45, 7) is 13.8. The molecule has 1 aliphatic heterocycles. The van der Waals surface area contributed by atoms with Gasteiger partial charge in [-0.25, -0.2) is 4.79 Å². The number of amides is 2. The zero-order chi connectivity index (χ0) is 21.4. The highest BCUT2D eigenvalue weighted by Gasteiger charge is 2.33. The first-order valence-electron chi connectivity index (χ1n) is 10.8. The van der Waals surface area contributed by atoms with Crippen molar-refractivity contribution in [1.82, 2.24) is 20.0 Å². The molecule has 1 aromatic heterocycles. The predicted molar refractivity (Wildman–Crippen MR) is 112 cm³/mol. The van der Waals surface area contributed by atoms with Crippen molar-refractivity contribution in [2.45, 2.75) is 84.3 Å². The molecule has 0 spiro atoms. The van der Waals surface area contributed by atoms with Crippen molar-refractivity contribution in [3.8, 4) is 0 Å². The Morgan fingerprint density at radius 2 is 1.72 bits per heavy atom. The van der Waals surface area contributed by atoms with Crippen molar-refractivity contribution in [2.75, 3.05) is 19.6 Å². The summed E-state index contributed by atoms with van der Waals surface area (Å²) in [5.41, 5.74) is 1.03. The number of nitrogens with zero attached hydrogens (tertiary/aromatic N) is 3. The van der Waals surface area contributed by atoms with Crippen molar-refractivity contribution in [3.05, 3.63) is 17.5 Å². The van der Waals surface area contributed by atoms with E-state index in [2.05, 4.69) is 26.1 Å². The van der Waals surface area contributed by atoms with E-state index in [0.29, 0.717) is 37.2 Å². The maximum atomic E-state index is 13.2. The van der Waals surface area contributed by atoms with Crippen molar-refractivity contribution in [2.24, 2.45) is 5.92 Å². The van der Waals surface area contributed by atoms with E-state index in [9.17, 15) is 9.59 Å². The van der Waals surface area contributed by atoms with Crippen molar-refractivity contribution < 1.29 is 14.3 Å². The van der Waals surface area contributed by atoms with Gasteiger partial charge in [-0.15, -0.1) is 0 Å². The fraction of sp³-hybridized carbons (Fsp3) is 0.773. The molecule has 2 aliphatic rings. The molecular formula is C22H36N4O3. The number of carbonyl (C=O) groups excluding carboxylic acids is 2. The van der Waals surface area contributed by atoms with E-state index >= 15 is 0 Å². The largest absolute Gasteiger partial charge is 0.444 e. The highest BCUT2D eigenvalue weighted by Crippen LogP contribution is 2.40. The maximum Gasteiger partial charge on any atom is 0.407 e. The summed E-state index contributed by atoms with van der Waals surface area (Å²) in [5.74, 6) is 0.953. The van der Waals surface area contributed by atoms with Crippen molar-refractivity contribution in [1.29, 1.82) is 0 Å². The molecular weight excluding hydrogens is 368 g/mol. The molecule has 162 valence electrons. The standard InChI is InChI=1S/C22H36N4O3/c1-21(2,3)26-18(13-17(24-26)16-7-8-16)19(27)25-11-9-15(10-12-25)14-23-20(28)29-22(4,5)6/h13,15-16H,7-12,14H2,1-6H3,(H,23,28). The number of nitrogens with one attached hydrogen (secondary N) is 1. The topological polar surface area (TPSA) is 76.5 Å². The van der Waals surface area contributed by atoms with Crippen LogP contribution in [0.1, 0.15) is 89.3 Å². The second kappa shape index (κ2) is 8.00. The number of aromatic nitrogens is 2. The van der Waals surface area contributed by atoms with E-state index in [1.807, 2.05) is 36.4 Å². The van der Waals surface area contributed by atoms with Gasteiger partial charge in [0, 0.05) is 25.6 Å². The Labute approximate surface area is 174 Å². The molecule has 1 aromatic rings. The smallest absolute Gasteiger partial charge is 0.407 e. The van der Waals surface area contributed by atoms with Crippen LogP contribution in [-0.4, -0.2) is 51.9 Å². The summed E-state index contributed by atoms with van der Waals surface area (Å²) in [6, 6.07) is 2.00. The Kier molecular flexibility index (Phi) is 5.97. The second-order valence-electron chi connectivity index (χ2n) is 10.4. The van der Waals surface area contributed by atoms with Gasteiger partial charge in [0.1, 0.15) is 11.3 Å². The molecule has 1 N–H and O–H groups in total. The van der Waals surface area contributed by atoms with Gasteiger partial charge in [0.2, 0.25) is 0 Å². The normalized spacial score (nSPS) is 18.6. The van der Waals surface area contributed by atoms with Gasteiger partial charge in [-0.3, -0.25) is 9.48 Å². The molecule has 1 aliphatic carbocycles. The number of likely N-dealkylation sites (tertiary alicyclic amines) is 1. The fourth-order valence-corrected chi connectivity index (χ4v) is 3.69. The first kappa shape index (κ1) is 21.7. The van der Waals surface area contributed by atoms with Gasteiger partial charge >= 0.3 is 6.09 Å². The van der Waals surface area contributed by atoms with Crippen LogP contribution in [0.2, 0.25) is 0 Å². The molecule has 0 radical (unpaired) electrons. The summed E-state index contributed by atoms with van der Waals surface area (Å²) in [6.07, 6.45) is 3.72. The van der Waals surface area contributed by atoms with E-state index in [1.165, 1.54) is 12.8 Å². The van der Waals surface area contributed by atoms with Crippen LogP contribution in [0, 0.1) is 5.92 Å². The van der Waals surface area contributed by atoms with E-state index in [1.54, 1.807) is 0 Å². The Bertz CT molecular complexity index is 745. The van der Waals surface area contributed by atoms with Crippen LogP contribution in [-0.2, 0) is 10.3 Å². The minimum atomic E-state index is -0.491. The second-order valence-corrected chi connectivity index (χ2v) is 10.4. The molecule has 0 unspecified atom stereocenters. The van der Waals surface area contributed by atoms with Gasteiger partial charge in [-0.05, 0) is 79.2 Å².